The average Bonchev–Trinajstić information content (AvgIpc) is 2.62. The molecule has 0 fully saturated rings. The average molecular weight is 390 g/mol. The van der Waals surface area contributed by atoms with Gasteiger partial charge in [-0.3, -0.25) is 9.52 Å². The molecule has 7 nitrogen and oxygen atoms in total. The molecule has 0 aliphatic rings. The fraction of sp³-hybridized carbons (Fsp3) is 0.263. The molecule has 0 aliphatic carbocycles. The molecule has 27 heavy (non-hydrogen) atoms. The lowest BCUT2D eigenvalue weighted by molar-refractivity contribution is 0.0696. The van der Waals surface area contributed by atoms with Crippen molar-refractivity contribution >= 4 is 27.6 Å². The van der Waals surface area contributed by atoms with E-state index in [1.807, 2.05) is 0 Å². The fourth-order valence-corrected chi connectivity index (χ4v) is 3.64. The molecule has 0 bridgehead atoms. The first kappa shape index (κ1) is 20.4. The second kappa shape index (κ2) is 9.18. The monoisotopic (exact) mass is 390 g/mol. The Balaban J connectivity index is 1.99. The molecule has 2 rings (SSSR count). The van der Waals surface area contributed by atoms with Crippen molar-refractivity contribution in [2.45, 2.75) is 19.8 Å². The van der Waals surface area contributed by atoms with Crippen molar-refractivity contribution in [2.75, 3.05) is 17.0 Å². The van der Waals surface area contributed by atoms with Gasteiger partial charge in [-0.05, 0) is 42.7 Å². The summed E-state index contributed by atoms with van der Waals surface area (Å²) < 4.78 is 26.4. The molecule has 0 heterocycles. The van der Waals surface area contributed by atoms with Gasteiger partial charge >= 0.3 is 5.97 Å². The number of carbonyl (C=O) groups excluding carboxylic acids is 1. The van der Waals surface area contributed by atoms with Crippen LogP contribution in [0.15, 0.2) is 48.5 Å². The number of anilines is 1. The second-order valence-electron chi connectivity index (χ2n) is 5.97. The molecule has 0 unspecified atom stereocenters. The van der Waals surface area contributed by atoms with E-state index in [0.717, 1.165) is 5.56 Å². The standard InChI is InChI=1S/C19H22N2O5S/c1-2-13-27(25,26)21-17-6-4-3-5-16(17)18(22)20-12-11-14-7-9-15(10-8-14)19(23)24/h3-10,21H,2,11-13H2,1H3,(H,20,22)(H,23,24). The van der Waals surface area contributed by atoms with Crippen molar-refractivity contribution in [3.05, 3.63) is 65.2 Å². The maximum Gasteiger partial charge on any atom is 0.335 e. The zero-order valence-corrected chi connectivity index (χ0v) is 15.8. The molecular formula is C19H22N2O5S. The molecule has 0 spiro atoms. The molecule has 0 aliphatic heterocycles. The number of benzene rings is 2. The van der Waals surface area contributed by atoms with E-state index in [1.54, 1.807) is 43.3 Å². The van der Waals surface area contributed by atoms with Gasteiger partial charge in [-0.15, -0.1) is 0 Å². The van der Waals surface area contributed by atoms with Crippen molar-refractivity contribution in [1.82, 2.24) is 5.32 Å². The highest BCUT2D eigenvalue weighted by molar-refractivity contribution is 7.92. The lowest BCUT2D eigenvalue weighted by Crippen LogP contribution is -2.27. The molecule has 2 aromatic carbocycles. The zero-order valence-electron chi connectivity index (χ0n) is 14.9. The van der Waals surface area contributed by atoms with Crippen LogP contribution in [0.2, 0.25) is 0 Å². The van der Waals surface area contributed by atoms with Gasteiger partial charge in [0.25, 0.3) is 5.91 Å². The minimum atomic E-state index is -3.49. The Morgan fingerprint density at radius 1 is 1.04 bits per heavy atom. The molecule has 0 aromatic heterocycles. The van der Waals surface area contributed by atoms with E-state index in [2.05, 4.69) is 10.0 Å². The molecule has 0 radical (unpaired) electrons. The highest BCUT2D eigenvalue weighted by Gasteiger charge is 2.15. The van der Waals surface area contributed by atoms with E-state index in [0.29, 0.717) is 19.4 Å². The van der Waals surface area contributed by atoms with Crippen LogP contribution >= 0.6 is 0 Å². The third-order valence-corrected chi connectivity index (χ3v) is 5.29. The molecule has 8 heteroatoms. The van der Waals surface area contributed by atoms with E-state index < -0.39 is 16.0 Å². The maximum atomic E-state index is 12.4. The quantitative estimate of drug-likeness (QED) is 0.609. The van der Waals surface area contributed by atoms with Gasteiger partial charge in [0.1, 0.15) is 0 Å². The number of rotatable bonds is 9. The number of carboxylic acids is 1. The van der Waals surface area contributed by atoms with E-state index >= 15 is 0 Å². The molecule has 1 amide bonds. The Labute approximate surface area is 158 Å². The number of amides is 1. The van der Waals surface area contributed by atoms with Crippen LogP contribution in [-0.2, 0) is 16.4 Å². The Morgan fingerprint density at radius 3 is 2.33 bits per heavy atom. The summed E-state index contributed by atoms with van der Waals surface area (Å²) in [5.41, 5.74) is 1.58. The van der Waals surface area contributed by atoms with Crippen LogP contribution < -0.4 is 10.0 Å². The summed E-state index contributed by atoms with van der Waals surface area (Å²) in [7, 11) is -3.49. The first-order chi connectivity index (χ1) is 12.8. The number of carbonyl (C=O) groups is 2. The highest BCUT2D eigenvalue weighted by Crippen LogP contribution is 2.17. The van der Waals surface area contributed by atoms with E-state index in [-0.39, 0.29) is 28.5 Å². The maximum absolute atomic E-state index is 12.4. The summed E-state index contributed by atoms with van der Waals surface area (Å²) in [6.45, 7) is 2.10. The lowest BCUT2D eigenvalue weighted by atomic mass is 10.1. The van der Waals surface area contributed by atoms with Gasteiger partial charge in [-0.2, -0.15) is 0 Å². The largest absolute Gasteiger partial charge is 0.478 e. The van der Waals surface area contributed by atoms with Crippen molar-refractivity contribution in [3.63, 3.8) is 0 Å². The smallest absolute Gasteiger partial charge is 0.335 e. The van der Waals surface area contributed by atoms with Crippen molar-refractivity contribution in [3.8, 4) is 0 Å². The van der Waals surface area contributed by atoms with Gasteiger partial charge in [-0.1, -0.05) is 31.2 Å². The molecule has 3 N–H and O–H groups in total. The molecule has 0 saturated heterocycles. The van der Waals surface area contributed by atoms with Crippen LogP contribution in [0.3, 0.4) is 0 Å². The van der Waals surface area contributed by atoms with E-state index in [9.17, 15) is 18.0 Å². The fourth-order valence-electron chi connectivity index (χ4n) is 2.49. The minimum absolute atomic E-state index is 0.0186. The number of hydrogen-bond donors (Lipinski definition) is 3. The van der Waals surface area contributed by atoms with Crippen LogP contribution in [0.25, 0.3) is 0 Å². The molecular weight excluding hydrogens is 368 g/mol. The molecule has 0 saturated carbocycles. The summed E-state index contributed by atoms with van der Waals surface area (Å²) in [5.74, 6) is -1.39. The first-order valence-corrected chi connectivity index (χ1v) is 10.2. The van der Waals surface area contributed by atoms with Crippen LogP contribution in [-0.4, -0.2) is 37.7 Å². The first-order valence-electron chi connectivity index (χ1n) is 8.52. The van der Waals surface area contributed by atoms with Crippen molar-refractivity contribution in [1.29, 1.82) is 0 Å². The van der Waals surface area contributed by atoms with Crippen LogP contribution in [0.5, 0.6) is 0 Å². The van der Waals surface area contributed by atoms with Gasteiger partial charge in [0, 0.05) is 6.54 Å². The predicted octanol–water partition coefficient (Wildman–Crippen LogP) is 2.51. The number of nitrogens with one attached hydrogen (secondary N) is 2. The molecule has 2 aromatic rings. The Morgan fingerprint density at radius 2 is 1.70 bits per heavy atom. The van der Waals surface area contributed by atoms with Gasteiger partial charge in [0.05, 0.1) is 22.6 Å². The summed E-state index contributed by atoms with van der Waals surface area (Å²) in [6, 6.07) is 12.8. The van der Waals surface area contributed by atoms with Gasteiger partial charge in [0.15, 0.2) is 0 Å². The number of aromatic carboxylic acids is 1. The second-order valence-corrected chi connectivity index (χ2v) is 7.82. The van der Waals surface area contributed by atoms with Gasteiger partial charge in [0.2, 0.25) is 10.0 Å². The Bertz CT molecular complexity index is 908. The van der Waals surface area contributed by atoms with E-state index in [4.69, 9.17) is 5.11 Å². The predicted molar refractivity (Wildman–Crippen MR) is 104 cm³/mol. The lowest BCUT2D eigenvalue weighted by Gasteiger charge is -2.12. The number of hydrogen-bond acceptors (Lipinski definition) is 4. The van der Waals surface area contributed by atoms with Gasteiger partial charge in [-0.25, -0.2) is 13.2 Å². The summed E-state index contributed by atoms with van der Waals surface area (Å²) >= 11 is 0. The Hall–Kier alpha value is -2.87. The summed E-state index contributed by atoms with van der Waals surface area (Å²) in [4.78, 5) is 23.3. The van der Waals surface area contributed by atoms with Crippen LogP contribution in [0.1, 0.15) is 39.6 Å². The highest BCUT2D eigenvalue weighted by atomic mass is 32.2. The number of sulfonamides is 1. The van der Waals surface area contributed by atoms with Crippen molar-refractivity contribution < 1.29 is 23.1 Å². The summed E-state index contributed by atoms with van der Waals surface area (Å²) in [6.07, 6.45) is 1.000. The van der Waals surface area contributed by atoms with E-state index in [1.165, 1.54) is 12.1 Å². The zero-order chi connectivity index (χ0) is 19.9. The summed E-state index contributed by atoms with van der Waals surface area (Å²) in [5, 5.41) is 11.6. The van der Waals surface area contributed by atoms with Crippen LogP contribution in [0, 0.1) is 0 Å². The SMILES string of the molecule is CCCS(=O)(=O)Nc1ccccc1C(=O)NCCc1ccc(C(=O)O)cc1. The third-order valence-electron chi connectivity index (χ3n) is 3.81. The van der Waals surface area contributed by atoms with Crippen molar-refractivity contribution in [2.24, 2.45) is 0 Å². The van der Waals surface area contributed by atoms with Gasteiger partial charge < -0.3 is 10.4 Å². The number of carboxylic acid groups (broad SMARTS) is 1. The topological polar surface area (TPSA) is 113 Å². The minimum Gasteiger partial charge on any atom is -0.478 e. The van der Waals surface area contributed by atoms with Crippen LogP contribution in [0.4, 0.5) is 5.69 Å². The molecule has 144 valence electrons. The Kier molecular flexibility index (Phi) is 6.95. The number of para-hydroxylation sites is 1. The molecule has 0 atom stereocenters. The normalized spacial score (nSPS) is 11.0. The third kappa shape index (κ3) is 6.10.